The van der Waals surface area contributed by atoms with Gasteiger partial charge in [-0.15, -0.1) is 0 Å². The van der Waals surface area contributed by atoms with E-state index < -0.39 is 0 Å². The van der Waals surface area contributed by atoms with Gasteiger partial charge in [-0.3, -0.25) is 19.3 Å². The van der Waals surface area contributed by atoms with E-state index in [9.17, 15) is 14.4 Å². The molecule has 3 fully saturated rings. The fourth-order valence-electron chi connectivity index (χ4n) is 4.26. The van der Waals surface area contributed by atoms with Crippen LogP contribution >= 0.6 is 0 Å². The van der Waals surface area contributed by atoms with Crippen LogP contribution in [0, 0.1) is 11.8 Å². The van der Waals surface area contributed by atoms with Crippen LogP contribution in [0.15, 0.2) is 0 Å². The number of hydrogen-bond donors (Lipinski definition) is 1. The van der Waals surface area contributed by atoms with Gasteiger partial charge < -0.3 is 15.5 Å². The molecular formula is C18H30N4O3. The molecule has 140 valence electrons. The third kappa shape index (κ3) is 4.51. The molecule has 0 aromatic heterocycles. The van der Waals surface area contributed by atoms with Gasteiger partial charge in [0.1, 0.15) is 0 Å². The Bertz CT molecular complexity index is 510. The van der Waals surface area contributed by atoms with E-state index in [1.807, 2.05) is 4.90 Å². The van der Waals surface area contributed by atoms with Crippen LogP contribution in [0.2, 0.25) is 0 Å². The summed E-state index contributed by atoms with van der Waals surface area (Å²) in [4.78, 5) is 42.3. The second kappa shape index (κ2) is 8.17. The van der Waals surface area contributed by atoms with E-state index in [1.165, 1.54) is 0 Å². The monoisotopic (exact) mass is 350 g/mol. The van der Waals surface area contributed by atoms with E-state index in [0.29, 0.717) is 25.5 Å². The van der Waals surface area contributed by atoms with Crippen molar-refractivity contribution in [3.63, 3.8) is 0 Å². The number of piperidine rings is 2. The lowest BCUT2D eigenvalue weighted by Gasteiger charge is -2.36. The highest BCUT2D eigenvalue weighted by molar-refractivity contribution is 5.81. The number of carbonyl (C=O) groups is 3. The molecule has 3 heterocycles. The van der Waals surface area contributed by atoms with Crippen molar-refractivity contribution in [2.75, 3.05) is 45.8 Å². The quantitative estimate of drug-likeness (QED) is 0.776. The molecule has 2 N–H and O–H groups in total. The fraction of sp³-hybridized carbons (Fsp3) is 0.833. The highest BCUT2D eigenvalue weighted by Crippen LogP contribution is 2.22. The van der Waals surface area contributed by atoms with Crippen LogP contribution in [-0.4, -0.2) is 78.2 Å². The molecule has 7 nitrogen and oxygen atoms in total. The molecule has 0 aromatic rings. The standard InChI is InChI=1S/C18H30N4O3/c19-17(24)15-4-3-9-22(12-15)16(23)13-20-10-5-14(6-11-20)18(25)21-7-1-2-8-21/h14-15H,1-13H2,(H2,19,24). The molecule has 3 aliphatic rings. The summed E-state index contributed by atoms with van der Waals surface area (Å²) in [6, 6.07) is 0. The highest BCUT2D eigenvalue weighted by atomic mass is 16.2. The maximum atomic E-state index is 12.5. The van der Waals surface area contributed by atoms with Gasteiger partial charge in [0.25, 0.3) is 0 Å². The third-order valence-electron chi connectivity index (χ3n) is 5.89. The van der Waals surface area contributed by atoms with E-state index in [4.69, 9.17) is 5.73 Å². The molecule has 0 aliphatic carbocycles. The summed E-state index contributed by atoms with van der Waals surface area (Å²) in [6.45, 7) is 4.97. The lowest BCUT2D eigenvalue weighted by atomic mass is 9.95. The van der Waals surface area contributed by atoms with Crippen molar-refractivity contribution < 1.29 is 14.4 Å². The normalized spacial score (nSPS) is 26.0. The van der Waals surface area contributed by atoms with Gasteiger partial charge in [0.2, 0.25) is 17.7 Å². The molecule has 0 spiro atoms. The number of primary amides is 1. The van der Waals surface area contributed by atoms with E-state index in [-0.39, 0.29) is 23.7 Å². The number of nitrogens with two attached hydrogens (primary N) is 1. The first-order valence-corrected chi connectivity index (χ1v) is 9.63. The second-order valence-corrected chi connectivity index (χ2v) is 7.66. The minimum atomic E-state index is -0.307. The number of rotatable bonds is 4. The largest absolute Gasteiger partial charge is 0.369 e. The molecule has 0 saturated carbocycles. The lowest BCUT2D eigenvalue weighted by molar-refractivity contribution is -0.137. The van der Waals surface area contributed by atoms with E-state index in [1.54, 1.807) is 4.90 Å². The van der Waals surface area contributed by atoms with Gasteiger partial charge in [-0.25, -0.2) is 0 Å². The average molecular weight is 350 g/mol. The van der Waals surface area contributed by atoms with Crippen LogP contribution in [0.5, 0.6) is 0 Å². The maximum Gasteiger partial charge on any atom is 0.236 e. The van der Waals surface area contributed by atoms with Crippen molar-refractivity contribution in [3.8, 4) is 0 Å². The predicted octanol–water partition coefficient (Wildman–Crippen LogP) is 0.0447. The van der Waals surface area contributed by atoms with E-state index in [0.717, 1.165) is 64.7 Å². The fourth-order valence-corrected chi connectivity index (χ4v) is 4.26. The molecule has 1 atom stereocenters. The molecule has 7 heteroatoms. The molecule has 3 amide bonds. The third-order valence-corrected chi connectivity index (χ3v) is 5.89. The number of likely N-dealkylation sites (tertiary alicyclic amines) is 3. The van der Waals surface area contributed by atoms with Gasteiger partial charge in [-0.1, -0.05) is 0 Å². The van der Waals surface area contributed by atoms with Crippen LogP contribution in [0.25, 0.3) is 0 Å². The Balaban J connectivity index is 1.43. The molecule has 1 unspecified atom stereocenters. The number of hydrogen-bond acceptors (Lipinski definition) is 4. The molecule has 0 bridgehead atoms. The van der Waals surface area contributed by atoms with Gasteiger partial charge in [0.15, 0.2) is 0 Å². The van der Waals surface area contributed by atoms with E-state index in [2.05, 4.69) is 4.90 Å². The first kappa shape index (κ1) is 18.2. The summed E-state index contributed by atoms with van der Waals surface area (Å²) < 4.78 is 0. The molecule has 25 heavy (non-hydrogen) atoms. The zero-order valence-corrected chi connectivity index (χ0v) is 15.0. The predicted molar refractivity (Wildman–Crippen MR) is 93.5 cm³/mol. The summed E-state index contributed by atoms with van der Waals surface area (Å²) in [6.07, 6.45) is 5.55. The first-order chi connectivity index (χ1) is 12.0. The van der Waals surface area contributed by atoms with Crippen molar-refractivity contribution in [3.05, 3.63) is 0 Å². The Labute approximate surface area is 149 Å². The molecule has 0 aromatic carbocycles. The molecule has 3 aliphatic heterocycles. The molecule has 0 radical (unpaired) electrons. The Morgan fingerprint density at radius 1 is 0.800 bits per heavy atom. The summed E-state index contributed by atoms with van der Waals surface area (Å²) in [5.74, 6) is -0.00184. The smallest absolute Gasteiger partial charge is 0.236 e. The van der Waals surface area contributed by atoms with Crippen LogP contribution in [0.4, 0.5) is 0 Å². The van der Waals surface area contributed by atoms with Crippen LogP contribution in [0.3, 0.4) is 0 Å². The van der Waals surface area contributed by atoms with Gasteiger partial charge in [-0.2, -0.15) is 0 Å². The summed E-state index contributed by atoms with van der Waals surface area (Å²) in [5.41, 5.74) is 5.39. The second-order valence-electron chi connectivity index (χ2n) is 7.66. The van der Waals surface area contributed by atoms with Crippen molar-refractivity contribution in [2.45, 2.75) is 38.5 Å². The Morgan fingerprint density at radius 2 is 1.44 bits per heavy atom. The lowest BCUT2D eigenvalue weighted by Crippen LogP contribution is -2.49. The topological polar surface area (TPSA) is 87.0 Å². The average Bonchev–Trinajstić information content (AvgIpc) is 3.16. The van der Waals surface area contributed by atoms with Gasteiger partial charge in [0, 0.05) is 32.1 Å². The van der Waals surface area contributed by atoms with Crippen molar-refractivity contribution in [1.82, 2.24) is 14.7 Å². The number of amides is 3. The minimum absolute atomic E-state index is 0.0790. The zero-order chi connectivity index (χ0) is 17.8. The van der Waals surface area contributed by atoms with Crippen LogP contribution in [-0.2, 0) is 14.4 Å². The Kier molecular flexibility index (Phi) is 5.93. The molecular weight excluding hydrogens is 320 g/mol. The molecule has 3 rings (SSSR count). The SMILES string of the molecule is NC(=O)C1CCCN(C(=O)CN2CCC(C(=O)N3CCCC3)CC2)C1. The van der Waals surface area contributed by atoms with Gasteiger partial charge >= 0.3 is 0 Å². The highest BCUT2D eigenvalue weighted by Gasteiger charge is 2.32. The van der Waals surface area contributed by atoms with E-state index >= 15 is 0 Å². The Morgan fingerprint density at radius 3 is 2.08 bits per heavy atom. The number of carbonyl (C=O) groups excluding carboxylic acids is 3. The first-order valence-electron chi connectivity index (χ1n) is 9.63. The summed E-state index contributed by atoms with van der Waals surface area (Å²) in [7, 11) is 0. The van der Waals surface area contributed by atoms with Gasteiger partial charge in [0.05, 0.1) is 12.5 Å². The van der Waals surface area contributed by atoms with Crippen molar-refractivity contribution in [1.29, 1.82) is 0 Å². The van der Waals surface area contributed by atoms with Gasteiger partial charge in [-0.05, 0) is 51.6 Å². The minimum Gasteiger partial charge on any atom is -0.369 e. The summed E-state index contributed by atoms with van der Waals surface area (Å²) >= 11 is 0. The number of nitrogens with zero attached hydrogens (tertiary/aromatic N) is 3. The van der Waals surface area contributed by atoms with Crippen LogP contribution in [0.1, 0.15) is 38.5 Å². The Hall–Kier alpha value is -1.63. The summed E-state index contributed by atoms with van der Waals surface area (Å²) in [5, 5.41) is 0. The van der Waals surface area contributed by atoms with Crippen molar-refractivity contribution >= 4 is 17.7 Å². The molecule has 3 saturated heterocycles. The van der Waals surface area contributed by atoms with Crippen molar-refractivity contribution in [2.24, 2.45) is 17.6 Å². The zero-order valence-electron chi connectivity index (χ0n) is 15.0. The van der Waals surface area contributed by atoms with Crippen LogP contribution < -0.4 is 5.73 Å². The maximum absolute atomic E-state index is 12.5.